The summed E-state index contributed by atoms with van der Waals surface area (Å²) in [6, 6.07) is 13.8. The second kappa shape index (κ2) is 8.65. The van der Waals surface area contributed by atoms with Crippen LogP contribution in [0.25, 0.3) is 0 Å². The molecular formula is C21H28N4O2S. The van der Waals surface area contributed by atoms with Crippen molar-refractivity contribution in [2.45, 2.75) is 33.1 Å². The van der Waals surface area contributed by atoms with Gasteiger partial charge in [0.05, 0.1) is 18.0 Å². The number of rotatable bonds is 7. The van der Waals surface area contributed by atoms with Crippen LogP contribution >= 0.6 is 0 Å². The number of sulfonamides is 1. The van der Waals surface area contributed by atoms with Gasteiger partial charge >= 0.3 is 0 Å². The van der Waals surface area contributed by atoms with Crippen LogP contribution in [-0.2, 0) is 29.3 Å². The van der Waals surface area contributed by atoms with Crippen molar-refractivity contribution in [2.24, 2.45) is 10.7 Å². The number of aliphatic imine (C=N–C) groups is 1. The maximum absolute atomic E-state index is 12.7. The average molecular weight is 401 g/mol. The Kier molecular flexibility index (Phi) is 6.24. The Hall–Kier alpha value is -2.54. The summed E-state index contributed by atoms with van der Waals surface area (Å²) < 4.78 is 27.0. The van der Waals surface area contributed by atoms with Crippen molar-refractivity contribution in [3.8, 4) is 0 Å². The number of aryl methyl sites for hydroxylation is 2. The minimum atomic E-state index is -3.42. The maximum atomic E-state index is 12.7. The fraction of sp³-hybridized carbons (Fsp3) is 0.381. The smallest absolute Gasteiger partial charge is 0.237 e. The molecule has 1 aliphatic heterocycles. The molecule has 6 nitrogen and oxygen atoms in total. The van der Waals surface area contributed by atoms with Crippen LogP contribution < -0.4 is 15.4 Å². The van der Waals surface area contributed by atoms with Crippen LogP contribution in [0.5, 0.6) is 0 Å². The topological polar surface area (TPSA) is 87.8 Å². The first-order valence-electron chi connectivity index (χ1n) is 9.72. The number of benzene rings is 2. The molecule has 0 unspecified atom stereocenters. The number of nitrogens with zero attached hydrogens (tertiary/aromatic N) is 2. The molecule has 1 heterocycles. The molecule has 0 aliphatic carbocycles. The highest BCUT2D eigenvalue weighted by atomic mass is 32.2. The van der Waals surface area contributed by atoms with Crippen LogP contribution in [0.4, 0.5) is 11.4 Å². The van der Waals surface area contributed by atoms with Crippen LogP contribution in [-0.4, -0.2) is 33.2 Å². The lowest BCUT2D eigenvalue weighted by Crippen LogP contribution is -2.33. The van der Waals surface area contributed by atoms with Gasteiger partial charge in [0.1, 0.15) is 0 Å². The van der Waals surface area contributed by atoms with Crippen molar-refractivity contribution >= 4 is 27.4 Å². The SMILES string of the molecule is CCc1cccc(CC)c1NC(N)=NCCS(=O)(=O)N1CCc2ccccc21. The number of anilines is 2. The molecule has 0 spiro atoms. The standard InChI is InChI=1S/C21H28N4O2S/c1-3-16-9-7-10-17(4-2)20(16)24-21(22)23-13-15-28(26,27)25-14-12-18-8-5-6-11-19(18)25/h5-11H,3-4,12-15H2,1-2H3,(H3,22,23,24). The first-order chi connectivity index (χ1) is 13.5. The predicted octanol–water partition coefficient (Wildman–Crippen LogP) is 2.93. The highest BCUT2D eigenvalue weighted by Crippen LogP contribution is 2.30. The van der Waals surface area contributed by atoms with E-state index in [1.54, 1.807) is 0 Å². The van der Waals surface area contributed by atoms with E-state index in [1.165, 1.54) is 15.4 Å². The van der Waals surface area contributed by atoms with Gasteiger partial charge < -0.3 is 11.1 Å². The molecule has 28 heavy (non-hydrogen) atoms. The van der Waals surface area contributed by atoms with Gasteiger partial charge in [-0.05, 0) is 42.0 Å². The Labute approximate surface area is 167 Å². The summed E-state index contributed by atoms with van der Waals surface area (Å²) in [4.78, 5) is 4.26. The fourth-order valence-electron chi connectivity index (χ4n) is 3.56. The Balaban J connectivity index is 1.67. The van der Waals surface area contributed by atoms with E-state index >= 15 is 0 Å². The number of fused-ring (bicyclic) bond motifs is 1. The van der Waals surface area contributed by atoms with Crippen molar-refractivity contribution in [3.05, 3.63) is 59.2 Å². The zero-order chi connectivity index (χ0) is 20.1. The van der Waals surface area contributed by atoms with Gasteiger partial charge in [-0.2, -0.15) is 0 Å². The number of hydrogen-bond donors (Lipinski definition) is 2. The molecule has 0 saturated carbocycles. The third kappa shape index (κ3) is 4.30. The first-order valence-corrected chi connectivity index (χ1v) is 11.3. The third-order valence-electron chi connectivity index (χ3n) is 5.06. The second-order valence-corrected chi connectivity index (χ2v) is 8.83. The normalized spacial score (nSPS) is 14.2. The van der Waals surface area contributed by atoms with Crippen molar-refractivity contribution < 1.29 is 8.42 Å². The van der Waals surface area contributed by atoms with E-state index in [0.29, 0.717) is 6.54 Å². The molecule has 0 fully saturated rings. The Bertz CT molecular complexity index is 948. The lowest BCUT2D eigenvalue weighted by Gasteiger charge is -2.19. The van der Waals surface area contributed by atoms with Crippen LogP contribution in [0.1, 0.15) is 30.5 Å². The fourth-order valence-corrected chi connectivity index (χ4v) is 4.95. The van der Waals surface area contributed by atoms with E-state index in [4.69, 9.17) is 5.73 Å². The summed E-state index contributed by atoms with van der Waals surface area (Å²) in [7, 11) is -3.42. The highest BCUT2D eigenvalue weighted by molar-refractivity contribution is 7.92. The van der Waals surface area contributed by atoms with Gasteiger partial charge in [0.2, 0.25) is 10.0 Å². The summed E-state index contributed by atoms with van der Waals surface area (Å²) in [6.07, 6.45) is 2.51. The summed E-state index contributed by atoms with van der Waals surface area (Å²) in [5.74, 6) is 0.173. The van der Waals surface area contributed by atoms with Gasteiger partial charge in [-0.15, -0.1) is 0 Å². The lowest BCUT2D eigenvalue weighted by atomic mass is 10.0. The molecular weight excluding hydrogens is 372 g/mol. The first kappa shape index (κ1) is 20.2. The average Bonchev–Trinajstić information content (AvgIpc) is 3.13. The molecule has 2 aromatic rings. The minimum Gasteiger partial charge on any atom is -0.370 e. The van der Waals surface area contributed by atoms with Crippen molar-refractivity contribution in [1.82, 2.24) is 0 Å². The molecule has 0 saturated heterocycles. The molecule has 7 heteroatoms. The zero-order valence-corrected chi connectivity index (χ0v) is 17.3. The molecule has 0 radical (unpaired) electrons. The van der Waals surface area contributed by atoms with Crippen LogP contribution in [0.15, 0.2) is 47.5 Å². The van der Waals surface area contributed by atoms with E-state index in [0.717, 1.165) is 36.2 Å². The highest BCUT2D eigenvalue weighted by Gasteiger charge is 2.28. The predicted molar refractivity (Wildman–Crippen MR) is 117 cm³/mol. The quantitative estimate of drug-likeness (QED) is 0.552. The summed E-state index contributed by atoms with van der Waals surface area (Å²) in [5, 5.41) is 3.17. The summed E-state index contributed by atoms with van der Waals surface area (Å²) in [6.45, 7) is 4.79. The molecule has 150 valence electrons. The number of hydrogen-bond acceptors (Lipinski definition) is 3. The largest absolute Gasteiger partial charge is 0.370 e. The summed E-state index contributed by atoms with van der Waals surface area (Å²) in [5.41, 5.74) is 11.2. The van der Waals surface area contributed by atoms with Gasteiger partial charge in [-0.25, -0.2) is 8.42 Å². The molecule has 2 aromatic carbocycles. The van der Waals surface area contributed by atoms with Crippen molar-refractivity contribution in [2.75, 3.05) is 28.5 Å². The molecule has 1 aliphatic rings. The number of para-hydroxylation sites is 2. The molecule has 0 amide bonds. The van der Waals surface area contributed by atoms with E-state index in [1.807, 2.05) is 30.3 Å². The Morgan fingerprint density at radius 2 is 1.79 bits per heavy atom. The van der Waals surface area contributed by atoms with Gasteiger partial charge in [0.25, 0.3) is 0 Å². The van der Waals surface area contributed by atoms with Gasteiger partial charge in [-0.3, -0.25) is 9.30 Å². The van der Waals surface area contributed by atoms with E-state index in [9.17, 15) is 8.42 Å². The van der Waals surface area contributed by atoms with E-state index in [-0.39, 0.29) is 18.3 Å². The monoisotopic (exact) mass is 400 g/mol. The Morgan fingerprint density at radius 3 is 2.46 bits per heavy atom. The van der Waals surface area contributed by atoms with Crippen LogP contribution in [0.3, 0.4) is 0 Å². The van der Waals surface area contributed by atoms with Crippen LogP contribution in [0, 0.1) is 0 Å². The zero-order valence-electron chi connectivity index (χ0n) is 16.5. The van der Waals surface area contributed by atoms with E-state index in [2.05, 4.69) is 36.3 Å². The van der Waals surface area contributed by atoms with E-state index < -0.39 is 10.0 Å². The molecule has 0 bridgehead atoms. The lowest BCUT2D eigenvalue weighted by molar-refractivity contribution is 0.592. The second-order valence-electron chi connectivity index (χ2n) is 6.82. The number of nitrogens with two attached hydrogens (primary N) is 1. The van der Waals surface area contributed by atoms with Gasteiger partial charge in [-0.1, -0.05) is 50.2 Å². The van der Waals surface area contributed by atoms with Crippen molar-refractivity contribution in [3.63, 3.8) is 0 Å². The molecule has 3 rings (SSSR count). The molecule has 0 atom stereocenters. The van der Waals surface area contributed by atoms with Crippen molar-refractivity contribution in [1.29, 1.82) is 0 Å². The maximum Gasteiger partial charge on any atom is 0.237 e. The minimum absolute atomic E-state index is 0.0697. The van der Waals surface area contributed by atoms with Crippen LogP contribution in [0.2, 0.25) is 0 Å². The molecule has 0 aromatic heterocycles. The van der Waals surface area contributed by atoms with Gasteiger partial charge in [0.15, 0.2) is 5.96 Å². The number of nitrogens with one attached hydrogen (secondary N) is 1. The summed E-state index contributed by atoms with van der Waals surface area (Å²) >= 11 is 0. The van der Waals surface area contributed by atoms with Gasteiger partial charge in [0, 0.05) is 12.2 Å². The number of guanidine groups is 1. The third-order valence-corrected chi connectivity index (χ3v) is 6.81. The Morgan fingerprint density at radius 1 is 1.11 bits per heavy atom. The molecule has 3 N–H and O–H groups in total.